The van der Waals surface area contributed by atoms with Crippen molar-refractivity contribution in [2.75, 3.05) is 5.32 Å². The summed E-state index contributed by atoms with van der Waals surface area (Å²) in [6, 6.07) is 4.46. The van der Waals surface area contributed by atoms with Crippen LogP contribution < -0.4 is 10.6 Å². The maximum Gasteiger partial charge on any atom is 0.433 e. The summed E-state index contributed by atoms with van der Waals surface area (Å²) in [5, 5.41) is 10.1. The zero-order chi connectivity index (χ0) is 26.3. The zero-order valence-corrected chi connectivity index (χ0v) is 19.7. The Bertz CT molecular complexity index is 1270. The predicted molar refractivity (Wildman–Crippen MR) is 122 cm³/mol. The second-order valence-electron chi connectivity index (χ2n) is 8.61. The maximum atomic E-state index is 13.5. The van der Waals surface area contributed by atoms with Crippen LogP contribution in [0.4, 0.5) is 32.0 Å². The number of hydrogen-bond acceptors (Lipinski definition) is 4. The number of nitrogens with one attached hydrogen (secondary N) is 2. The van der Waals surface area contributed by atoms with Gasteiger partial charge in [-0.05, 0) is 56.9 Å². The van der Waals surface area contributed by atoms with Gasteiger partial charge in [-0.15, -0.1) is 0 Å². The van der Waals surface area contributed by atoms with E-state index >= 15 is 0 Å². The summed E-state index contributed by atoms with van der Waals surface area (Å²) in [6.07, 6.45) is -6.49. The van der Waals surface area contributed by atoms with E-state index in [-0.39, 0.29) is 23.8 Å². The fourth-order valence-corrected chi connectivity index (χ4v) is 4.66. The lowest BCUT2D eigenvalue weighted by Gasteiger charge is -2.31. The Morgan fingerprint density at radius 3 is 2.50 bits per heavy atom. The molecule has 2 N–H and O–H groups in total. The van der Waals surface area contributed by atoms with E-state index in [0.29, 0.717) is 36.1 Å². The molecular formula is C23H22ClF6N5O. The van der Waals surface area contributed by atoms with Crippen LogP contribution in [-0.4, -0.2) is 32.8 Å². The van der Waals surface area contributed by atoms with Gasteiger partial charge in [0.25, 0.3) is 5.91 Å². The third-order valence-electron chi connectivity index (χ3n) is 6.08. The van der Waals surface area contributed by atoms with Crippen LogP contribution in [0, 0.1) is 0 Å². The summed E-state index contributed by atoms with van der Waals surface area (Å²) in [4.78, 5) is 16.4. The van der Waals surface area contributed by atoms with Crippen molar-refractivity contribution in [2.24, 2.45) is 0 Å². The number of pyridine rings is 1. The summed E-state index contributed by atoms with van der Waals surface area (Å²) in [5.74, 6) is -0.895. The Hall–Kier alpha value is -3.02. The fraction of sp³-hybridized carbons (Fsp3) is 0.435. The van der Waals surface area contributed by atoms with Gasteiger partial charge in [0.05, 0.1) is 17.3 Å². The molecule has 1 aliphatic carbocycles. The molecule has 1 saturated carbocycles. The highest BCUT2D eigenvalue weighted by atomic mass is 35.5. The van der Waals surface area contributed by atoms with Gasteiger partial charge in [-0.25, -0.2) is 4.98 Å². The Kier molecular flexibility index (Phi) is 7.09. The van der Waals surface area contributed by atoms with Crippen LogP contribution in [0.1, 0.15) is 54.4 Å². The Morgan fingerprint density at radius 1 is 1.11 bits per heavy atom. The first kappa shape index (κ1) is 26.1. The third kappa shape index (κ3) is 5.53. The molecule has 0 radical (unpaired) electrons. The van der Waals surface area contributed by atoms with Crippen molar-refractivity contribution in [3.63, 3.8) is 0 Å². The first-order chi connectivity index (χ1) is 16.9. The topological polar surface area (TPSA) is 71.8 Å². The SMILES string of the molecule is CCn1ncc(C(=O)N[C@@H]2CCC[C@H](Nc3cc(C(F)(F)F)nc4ccc(Cl)cc34)C2)c1C(F)(F)F. The van der Waals surface area contributed by atoms with Crippen LogP contribution >= 0.6 is 11.6 Å². The van der Waals surface area contributed by atoms with E-state index in [1.165, 1.54) is 25.1 Å². The predicted octanol–water partition coefficient (Wildman–Crippen LogP) is 6.30. The number of aromatic nitrogens is 3. The molecule has 13 heteroatoms. The highest BCUT2D eigenvalue weighted by molar-refractivity contribution is 6.31. The van der Waals surface area contributed by atoms with E-state index in [9.17, 15) is 31.1 Å². The standard InChI is InChI=1S/C23H22ClF6N5O/c1-2-35-20(23(28,29)30)16(11-31-35)21(36)33-14-5-3-4-13(9-14)32-18-10-19(22(25,26)27)34-17-7-6-12(24)8-15(17)18/h6-8,10-11,13-14H,2-5,9H2,1H3,(H,32,34)(H,33,36)/t13-,14+/m0/s1. The van der Waals surface area contributed by atoms with Crippen LogP contribution in [0.2, 0.25) is 5.02 Å². The molecule has 2 aromatic heterocycles. The van der Waals surface area contributed by atoms with Gasteiger partial charge in [0, 0.05) is 34.7 Å². The molecule has 0 aliphatic heterocycles. The third-order valence-corrected chi connectivity index (χ3v) is 6.32. The van der Waals surface area contributed by atoms with E-state index in [1.807, 2.05) is 0 Å². The molecule has 0 unspecified atom stereocenters. The van der Waals surface area contributed by atoms with Crippen LogP contribution in [0.5, 0.6) is 0 Å². The molecule has 1 aromatic carbocycles. The van der Waals surface area contributed by atoms with Gasteiger partial charge >= 0.3 is 12.4 Å². The molecule has 1 fully saturated rings. The first-order valence-electron chi connectivity index (χ1n) is 11.2. The number of hydrogen-bond donors (Lipinski definition) is 2. The molecule has 194 valence electrons. The lowest BCUT2D eigenvalue weighted by Crippen LogP contribution is -2.42. The molecule has 6 nitrogen and oxygen atoms in total. The maximum absolute atomic E-state index is 13.5. The normalized spacial score (nSPS) is 18.9. The van der Waals surface area contributed by atoms with Crippen molar-refractivity contribution in [3.05, 3.63) is 52.4 Å². The van der Waals surface area contributed by atoms with Crippen LogP contribution in [0.3, 0.4) is 0 Å². The zero-order valence-electron chi connectivity index (χ0n) is 19.0. The quantitative estimate of drug-likeness (QED) is 0.378. The smallest absolute Gasteiger partial charge is 0.382 e. The van der Waals surface area contributed by atoms with Crippen LogP contribution in [0.15, 0.2) is 30.5 Å². The van der Waals surface area contributed by atoms with Crippen LogP contribution in [0.25, 0.3) is 10.9 Å². The van der Waals surface area contributed by atoms with Crippen LogP contribution in [-0.2, 0) is 18.9 Å². The number of aryl methyl sites for hydroxylation is 1. The van der Waals surface area contributed by atoms with Crippen molar-refractivity contribution >= 4 is 34.1 Å². The summed E-state index contributed by atoms with van der Waals surface area (Å²) < 4.78 is 81.5. The van der Waals surface area contributed by atoms with Crippen molar-refractivity contribution in [2.45, 2.75) is 63.6 Å². The van der Waals surface area contributed by atoms with E-state index in [0.717, 1.165) is 16.9 Å². The average Bonchev–Trinajstić information content (AvgIpc) is 3.24. The van der Waals surface area contributed by atoms with E-state index < -0.39 is 41.3 Å². The number of rotatable bonds is 5. The molecular weight excluding hydrogens is 512 g/mol. The van der Waals surface area contributed by atoms with Gasteiger partial charge < -0.3 is 10.6 Å². The fourth-order valence-electron chi connectivity index (χ4n) is 4.49. The molecule has 2 heterocycles. The van der Waals surface area contributed by atoms with Gasteiger partial charge in [-0.2, -0.15) is 31.4 Å². The second-order valence-corrected chi connectivity index (χ2v) is 9.05. The van der Waals surface area contributed by atoms with Gasteiger partial charge in [-0.3, -0.25) is 9.48 Å². The van der Waals surface area contributed by atoms with Gasteiger partial charge in [0.1, 0.15) is 5.69 Å². The number of benzene rings is 1. The number of amides is 1. The highest BCUT2D eigenvalue weighted by Gasteiger charge is 2.40. The molecule has 0 saturated heterocycles. The Morgan fingerprint density at radius 2 is 1.83 bits per heavy atom. The number of alkyl halides is 6. The van der Waals surface area contributed by atoms with E-state index in [4.69, 9.17) is 11.6 Å². The number of carbonyl (C=O) groups is 1. The summed E-state index contributed by atoms with van der Waals surface area (Å²) >= 11 is 6.05. The lowest BCUT2D eigenvalue weighted by atomic mass is 9.90. The van der Waals surface area contributed by atoms with Gasteiger partial charge in [-0.1, -0.05) is 11.6 Å². The molecule has 2 atom stereocenters. The van der Waals surface area contributed by atoms with Crippen molar-refractivity contribution < 1.29 is 31.1 Å². The molecule has 0 spiro atoms. The van der Waals surface area contributed by atoms with Crippen molar-refractivity contribution in [3.8, 4) is 0 Å². The monoisotopic (exact) mass is 533 g/mol. The Labute approximate surface area is 207 Å². The van der Waals surface area contributed by atoms with E-state index in [2.05, 4.69) is 20.7 Å². The molecule has 4 rings (SSSR count). The highest BCUT2D eigenvalue weighted by Crippen LogP contribution is 2.36. The number of nitrogens with zero attached hydrogens (tertiary/aromatic N) is 3. The molecule has 0 bridgehead atoms. The van der Waals surface area contributed by atoms with Crippen molar-refractivity contribution in [1.82, 2.24) is 20.1 Å². The van der Waals surface area contributed by atoms with E-state index in [1.54, 1.807) is 0 Å². The Balaban J connectivity index is 1.54. The molecule has 1 amide bonds. The lowest BCUT2D eigenvalue weighted by molar-refractivity contribution is -0.144. The van der Waals surface area contributed by atoms with Gasteiger partial charge in [0.15, 0.2) is 5.69 Å². The second kappa shape index (κ2) is 9.79. The first-order valence-corrected chi connectivity index (χ1v) is 11.6. The van der Waals surface area contributed by atoms with Gasteiger partial charge in [0.2, 0.25) is 0 Å². The number of anilines is 1. The number of halogens is 7. The number of fused-ring (bicyclic) bond motifs is 1. The van der Waals surface area contributed by atoms with Crippen molar-refractivity contribution in [1.29, 1.82) is 0 Å². The molecule has 3 aromatic rings. The summed E-state index contributed by atoms with van der Waals surface area (Å²) in [5.41, 5.74) is -2.44. The number of carbonyl (C=O) groups excluding carboxylic acids is 1. The minimum absolute atomic E-state index is 0.0542. The minimum atomic E-state index is -4.75. The largest absolute Gasteiger partial charge is 0.433 e. The minimum Gasteiger partial charge on any atom is -0.382 e. The molecule has 1 aliphatic rings. The molecule has 36 heavy (non-hydrogen) atoms. The summed E-state index contributed by atoms with van der Waals surface area (Å²) in [7, 11) is 0. The summed E-state index contributed by atoms with van der Waals surface area (Å²) in [6.45, 7) is 1.43. The average molecular weight is 534 g/mol.